The highest BCUT2D eigenvalue weighted by molar-refractivity contribution is 7.88. The summed E-state index contributed by atoms with van der Waals surface area (Å²) in [4.78, 5) is 15.2. The van der Waals surface area contributed by atoms with E-state index in [0.717, 1.165) is 5.69 Å². The molecular formula is C25H34N4O6S2. The number of anilines is 2. The fourth-order valence-corrected chi connectivity index (χ4v) is 4.99. The van der Waals surface area contributed by atoms with E-state index in [0.29, 0.717) is 74.5 Å². The summed E-state index contributed by atoms with van der Waals surface area (Å²) >= 11 is 5.44. The predicted octanol–water partition coefficient (Wildman–Crippen LogP) is 3.09. The fraction of sp³-hybridized carbons (Fsp3) is 0.440. The summed E-state index contributed by atoms with van der Waals surface area (Å²) in [6.07, 6.45) is 1.22. The molecule has 0 atom stereocenters. The van der Waals surface area contributed by atoms with Gasteiger partial charge in [-0.2, -0.15) is 4.31 Å². The van der Waals surface area contributed by atoms with Crippen LogP contribution < -0.4 is 29.7 Å². The quantitative estimate of drug-likeness (QED) is 0.431. The van der Waals surface area contributed by atoms with E-state index in [-0.39, 0.29) is 5.11 Å². The van der Waals surface area contributed by atoms with Crippen molar-refractivity contribution in [3.63, 3.8) is 0 Å². The number of hydrogen-bond acceptors (Lipinski definition) is 8. The minimum Gasteiger partial charge on any atom is -0.490 e. The lowest BCUT2D eigenvalue weighted by molar-refractivity contribution is 0.0976. The Morgan fingerprint density at radius 2 is 1.51 bits per heavy atom. The smallest absolute Gasteiger partial charge is 0.257 e. The van der Waals surface area contributed by atoms with Gasteiger partial charge in [0.1, 0.15) is 0 Å². The molecule has 12 heteroatoms. The van der Waals surface area contributed by atoms with Gasteiger partial charge >= 0.3 is 0 Å². The van der Waals surface area contributed by atoms with Crippen LogP contribution in [0.25, 0.3) is 0 Å². The van der Waals surface area contributed by atoms with Crippen molar-refractivity contribution < 1.29 is 27.4 Å². The largest absolute Gasteiger partial charge is 0.490 e. The van der Waals surface area contributed by atoms with Crippen molar-refractivity contribution in [3.8, 4) is 17.2 Å². The molecule has 0 saturated carbocycles. The fourth-order valence-electron chi connectivity index (χ4n) is 3.96. The van der Waals surface area contributed by atoms with Gasteiger partial charge in [0.15, 0.2) is 16.6 Å². The molecular weight excluding hydrogens is 516 g/mol. The zero-order chi connectivity index (χ0) is 27.0. The average molecular weight is 551 g/mol. The number of benzene rings is 2. The Labute approximate surface area is 223 Å². The van der Waals surface area contributed by atoms with E-state index in [4.69, 9.17) is 26.4 Å². The molecule has 0 bridgehead atoms. The Morgan fingerprint density at radius 3 is 2.05 bits per heavy atom. The van der Waals surface area contributed by atoms with Crippen LogP contribution in [0, 0.1) is 0 Å². The zero-order valence-corrected chi connectivity index (χ0v) is 23.2. The summed E-state index contributed by atoms with van der Waals surface area (Å²) in [6.45, 7) is 8.64. The number of carbonyl (C=O) groups is 1. The maximum absolute atomic E-state index is 13.1. The second kappa shape index (κ2) is 12.9. The molecule has 37 heavy (non-hydrogen) atoms. The number of para-hydroxylation sites is 2. The summed E-state index contributed by atoms with van der Waals surface area (Å²) in [5, 5.41) is 5.94. The lowest BCUT2D eigenvalue weighted by Crippen LogP contribution is -2.48. The number of rotatable bonds is 10. The van der Waals surface area contributed by atoms with E-state index in [1.165, 1.54) is 10.6 Å². The third-order valence-corrected chi connectivity index (χ3v) is 7.11. The summed E-state index contributed by atoms with van der Waals surface area (Å²) in [7, 11) is -3.22. The average Bonchev–Trinajstić information content (AvgIpc) is 2.86. The number of nitrogens with one attached hydrogen (secondary N) is 2. The minimum atomic E-state index is -3.22. The second-order valence-corrected chi connectivity index (χ2v) is 10.6. The first-order chi connectivity index (χ1) is 17.7. The van der Waals surface area contributed by atoms with Crippen molar-refractivity contribution in [2.45, 2.75) is 20.8 Å². The number of sulfonamides is 1. The molecule has 202 valence electrons. The van der Waals surface area contributed by atoms with Crippen molar-refractivity contribution in [1.29, 1.82) is 0 Å². The third-order valence-electron chi connectivity index (χ3n) is 5.60. The van der Waals surface area contributed by atoms with Crippen LogP contribution in [0.1, 0.15) is 31.1 Å². The molecule has 0 aliphatic carbocycles. The summed E-state index contributed by atoms with van der Waals surface area (Å²) < 4.78 is 42.3. The molecule has 1 aliphatic rings. The molecule has 1 saturated heterocycles. The van der Waals surface area contributed by atoms with E-state index in [2.05, 4.69) is 15.5 Å². The molecule has 0 radical (unpaired) electrons. The van der Waals surface area contributed by atoms with Gasteiger partial charge in [-0.25, -0.2) is 8.42 Å². The van der Waals surface area contributed by atoms with Gasteiger partial charge in [-0.1, -0.05) is 12.1 Å². The number of amides is 1. The highest BCUT2D eigenvalue weighted by atomic mass is 32.2. The van der Waals surface area contributed by atoms with Crippen LogP contribution in [0.5, 0.6) is 17.2 Å². The molecule has 1 amide bonds. The molecule has 0 unspecified atom stereocenters. The summed E-state index contributed by atoms with van der Waals surface area (Å²) in [5.41, 5.74) is 1.88. The normalized spacial score (nSPS) is 14.1. The maximum atomic E-state index is 13.1. The van der Waals surface area contributed by atoms with Crippen LogP contribution in [0.2, 0.25) is 0 Å². The monoisotopic (exact) mass is 550 g/mol. The minimum absolute atomic E-state index is 0.122. The van der Waals surface area contributed by atoms with Crippen LogP contribution in [0.3, 0.4) is 0 Å². The van der Waals surface area contributed by atoms with E-state index >= 15 is 0 Å². The van der Waals surface area contributed by atoms with Crippen LogP contribution in [-0.2, 0) is 10.0 Å². The Bertz CT molecular complexity index is 1190. The van der Waals surface area contributed by atoms with Crippen LogP contribution in [0.4, 0.5) is 11.4 Å². The molecule has 10 nitrogen and oxygen atoms in total. The van der Waals surface area contributed by atoms with Crippen molar-refractivity contribution in [1.82, 2.24) is 9.62 Å². The Morgan fingerprint density at radius 1 is 0.946 bits per heavy atom. The van der Waals surface area contributed by atoms with Crippen molar-refractivity contribution in [2.24, 2.45) is 0 Å². The first-order valence-corrected chi connectivity index (χ1v) is 14.4. The van der Waals surface area contributed by atoms with E-state index in [9.17, 15) is 13.2 Å². The first kappa shape index (κ1) is 28.5. The molecule has 0 aromatic heterocycles. The predicted molar refractivity (Wildman–Crippen MR) is 149 cm³/mol. The Kier molecular flexibility index (Phi) is 9.95. The first-order valence-electron chi connectivity index (χ1n) is 12.2. The standard InChI is InChI=1S/C25H34N4O6S2/c1-5-33-21-16-18(17-22(34-6-2)23(21)35-7-3)24(30)27-25(36)26-19-10-8-9-11-20(19)28-12-14-29(15-13-28)37(4,31)32/h8-11,16-17H,5-7,12-15H2,1-4H3,(H2,26,27,30,36). The summed E-state index contributed by atoms with van der Waals surface area (Å²) in [6, 6.07) is 10.7. The lowest BCUT2D eigenvalue weighted by Gasteiger charge is -2.35. The SMILES string of the molecule is CCOc1cc(C(=O)NC(=S)Nc2ccccc2N2CCN(S(C)(=O)=O)CC2)cc(OCC)c1OCC. The molecule has 2 N–H and O–H groups in total. The van der Waals surface area contributed by atoms with Crippen molar-refractivity contribution in [2.75, 3.05) is 62.5 Å². The van der Waals surface area contributed by atoms with Gasteiger partial charge in [-0.3, -0.25) is 10.1 Å². The molecule has 1 fully saturated rings. The molecule has 2 aromatic carbocycles. The van der Waals surface area contributed by atoms with Crippen LogP contribution in [0.15, 0.2) is 36.4 Å². The van der Waals surface area contributed by atoms with E-state index in [1.54, 1.807) is 12.1 Å². The van der Waals surface area contributed by atoms with Gasteiger partial charge in [0.25, 0.3) is 5.91 Å². The van der Waals surface area contributed by atoms with Gasteiger partial charge in [0, 0.05) is 31.7 Å². The highest BCUT2D eigenvalue weighted by Crippen LogP contribution is 2.39. The maximum Gasteiger partial charge on any atom is 0.257 e. The topological polar surface area (TPSA) is 109 Å². The number of thiocarbonyl (C=S) groups is 1. The lowest BCUT2D eigenvalue weighted by atomic mass is 10.1. The van der Waals surface area contributed by atoms with Crippen LogP contribution in [-0.4, -0.2) is 76.0 Å². The van der Waals surface area contributed by atoms with E-state index in [1.807, 2.05) is 45.0 Å². The third kappa shape index (κ3) is 7.46. The van der Waals surface area contributed by atoms with E-state index < -0.39 is 15.9 Å². The van der Waals surface area contributed by atoms with Crippen molar-refractivity contribution >= 4 is 44.6 Å². The number of ether oxygens (including phenoxy) is 3. The zero-order valence-electron chi connectivity index (χ0n) is 21.6. The second-order valence-electron chi connectivity index (χ2n) is 8.18. The van der Waals surface area contributed by atoms with Gasteiger partial charge in [0.2, 0.25) is 15.8 Å². The molecule has 1 heterocycles. The molecule has 2 aromatic rings. The van der Waals surface area contributed by atoms with Crippen molar-refractivity contribution in [3.05, 3.63) is 42.0 Å². The van der Waals surface area contributed by atoms with Gasteiger partial charge in [0.05, 0.1) is 37.5 Å². The van der Waals surface area contributed by atoms with Gasteiger partial charge < -0.3 is 24.4 Å². The highest BCUT2D eigenvalue weighted by Gasteiger charge is 2.25. The Hall–Kier alpha value is -3.09. The summed E-state index contributed by atoms with van der Waals surface area (Å²) in [5.74, 6) is 0.853. The number of carbonyl (C=O) groups excluding carboxylic acids is 1. The van der Waals surface area contributed by atoms with Crippen LogP contribution >= 0.6 is 12.2 Å². The molecule has 1 aliphatic heterocycles. The van der Waals surface area contributed by atoms with Gasteiger partial charge in [-0.05, 0) is 57.3 Å². The number of piperazine rings is 1. The van der Waals surface area contributed by atoms with Gasteiger partial charge in [-0.15, -0.1) is 0 Å². The molecule has 3 rings (SSSR count). The molecule has 0 spiro atoms. The Balaban J connectivity index is 1.74. The number of nitrogens with zero attached hydrogens (tertiary/aromatic N) is 2. The number of hydrogen-bond donors (Lipinski definition) is 2.